The standard InChI is InChI=1S/C18H16BrNO3/c1-20(2)9-14-16(21)8-7-13-17(22)15(10-23-18(13)14)11-3-5-12(19)6-4-11/h3-8,10,21H,9H2,1-2H3. The molecule has 0 aliphatic rings. The Morgan fingerprint density at radius 3 is 2.48 bits per heavy atom. The second kappa shape index (κ2) is 6.18. The molecule has 5 heteroatoms. The van der Waals surface area contributed by atoms with E-state index >= 15 is 0 Å². The summed E-state index contributed by atoms with van der Waals surface area (Å²) < 4.78 is 6.64. The molecule has 0 radical (unpaired) electrons. The van der Waals surface area contributed by atoms with Gasteiger partial charge in [0, 0.05) is 10.0 Å². The third-order valence-electron chi connectivity index (χ3n) is 3.69. The first-order chi connectivity index (χ1) is 11.0. The Hall–Kier alpha value is -2.11. The minimum Gasteiger partial charge on any atom is -0.872 e. The van der Waals surface area contributed by atoms with Crippen LogP contribution in [-0.4, -0.2) is 14.1 Å². The van der Waals surface area contributed by atoms with Crippen LogP contribution in [0.15, 0.2) is 56.3 Å². The second-order valence-corrected chi connectivity index (χ2v) is 6.70. The van der Waals surface area contributed by atoms with Crippen LogP contribution in [0, 0.1) is 0 Å². The summed E-state index contributed by atoms with van der Waals surface area (Å²) in [6.45, 7) is 0.511. The molecule has 23 heavy (non-hydrogen) atoms. The maximum atomic E-state index is 12.8. The van der Waals surface area contributed by atoms with Crippen molar-refractivity contribution in [1.82, 2.24) is 0 Å². The molecular formula is C18H16BrNO3. The molecule has 2 aromatic carbocycles. The fourth-order valence-electron chi connectivity index (χ4n) is 2.59. The van der Waals surface area contributed by atoms with Gasteiger partial charge in [0.25, 0.3) is 0 Å². The third-order valence-corrected chi connectivity index (χ3v) is 4.22. The zero-order chi connectivity index (χ0) is 16.6. The van der Waals surface area contributed by atoms with Gasteiger partial charge in [-0.3, -0.25) is 4.79 Å². The van der Waals surface area contributed by atoms with Gasteiger partial charge in [-0.1, -0.05) is 39.9 Å². The fourth-order valence-corrected chi connectivity index (χ4v) is 2.85. The first-order valence-electron chi connectivity index (χ1n) is 7.26. The summed E-state index contributed by atoms with van der Waals surface area (Å²) in [7, 11) is 3.90. The van der Waals surface area contributed by atoms with E-state index < -0.39 is 0 Å². The monoisotopic (exact) mass is 373 g/mol. The first-order valence-corrected chi connectivity index (χ1v) is 8.06. The van der Waals surface area contributed by atoms with Gasteiger partial charge in [0.05, 0.1) is 25.0 Å². The lowest BCUT2D eigenvalue weighted by Crippen LogP contribution is -3.04. The fraction of sp³-hybridized carbons (Fsp3) is 0.167. The molecule has 118 valence electrons. The molecule has 3 aromatic rings. The van der Waals surface area contributed by atoms with Crippen molar-refractivity contribution in [3.8, 4) is 16.9 Å². The molecule has 3 rings (SSSR count). The van der Waals surface area contributed by atoms with Crippen LogP contribution >= 0.6 is 15.9 Å². The summed E-state index contributed by atoms with van der Waals surface area (Å²) in [6, 6.07) is 10.5. The van der Waals surface area contributed by atoms with Gasteiger partial charge < -0.3 is 14.4 Å². The van der Waals surface area contributed by atoms with Crippen LogP contribution < -0.4 is 15.4 Å². The highest BCUT2D eigenvalue weighted by atomic mass is 79.9. The number of halogens is 1. The molecule has 0 aliphatic heterocycles. The number of hydrogen-bond donors (Lipinski definition) is 1. The smallest absolute Gasteiger partial charge is 0.200 e. The lowest BCUT2D eigenvalue weighted by molar-refractivity contribution is -0.872. The number of quaternary nitrogens is 1. The molecule has 0 bridgehead atoms. The van der Waals surface area contributed by atoms with Crippen molar-refractivity contribution in [3.63, 3.8) is 0 Å². The Morgan fingerprint density at radius 2 is 1.83 bits per heavy atom. The van der Waals surface area contributed by atoms with Crippen LogP contribution in [0.1, 0.15) is 5.56 Å². The summed E-state index contributed by atoms with van der Waals surface area (Å²) in [5, 5.41) is 12.5. The molecule has 0 aliphatic carbocycles. The third kappa shape index (κ3) is 3.02. The van der Waals surface area contributed by atoms with Crippen LogP contribution in [0.3, 0.4) is 0 Å². The van der Waals surface area contributed by atoms with E-state index in [2.05, 4.69) is 15.9 Å². The Morgan fingerprint density at radius 1 is 1.13 bits per heavy atom. The van der Waals surface area contributed by atoms with Crippen LogP contribution in [-0.2, 0) is 6.54 Å². The average Bonchev–Trinajstić information content (AvgIpc) is 2.51. The Labute approximate surface area is 142 Å². The Bertz CT molecular complexity index is 914. The molecule has 0 atom stereocenters. The van der Waals surface area contributed by atoms with Gasteiger partial charge >= 0.3 is 0 Å². The lowest BCUT2D eigenvalue weighted by atomic mass is 10.0. The number of fused-ring (bicyclic) bond motifs is 1. The zero-order valence-electron chi connectivity index (χ0n) is 12.9. The molecule has 0 saturated heterocycles. The van der Waals surface area contributed by atoms with Crippen LogP contribution in [0.5, 0.6) is 5.75 Å². The van der Waals surface area contributed by atoms with Gasteiger partial charge in [0.1, 0.15) is 18.4 Å². The lowest BCUT2D eigenvalue weighted by Gasteiger charge is -2.17. The highest BCUT2D eigenvalue weighted by molar-refractivity contribution is 9.10. The van der Waals surface area contributed by atoms with Crippen molar-refractivity contribution in [2.24, 2.45) is 0 Å². The van der Waals surface area contributed by atoms with E-state index in [9.17, 15) is 9.90 Å². The molecule has 1 aromatic heterocycles. The van der Waals surface area contributed by atoms with E-state index in [1.165, 1.54) is 12.3 Å². The van der Waals surface area contributed by atoms with Crippen LogP contribution in [0.25, 0.3) is 22.1 Å². The van der Waals surface area contributed by atoms with E-state index in [1.54, 1.807) is 6.07 Å². The zero-order valence-corrected chi connectivity index (χ0v) is 14.4. The van der Waals surface area contributed by atoms with Crippen molar-refractivity contribution in [2.45, 2.75) is 6.54 Å². The number of hydrogen-bond acceptors (Lipinski definition) is 3. The topological polar surface area (TPSA) is 57.7 Å². The Kier molecular flexibility index (Phi) is 4.24. The summed E-state index contributed by atoms with van der Waals surface area (Å²) in [5.41, 5.74) is 2.09. The molecule has 0 amide bonds. The molecule has 0 fully saturated rings. The van der Waals surface area contributed by atoms with Gasteiger partial charge in [-0.05, 0) is 23.8 Å². The minimum atomic E-state index is -0.122. The average molecular weight is 374 g/mol. The summed E-state index contributed by atoms with van der Waals surface area (Å²) in [6.07, 6.45) is 1.45. The molecule has 0 saturated carbocycles. The summed E-state index contributed by atoms with van der Waals surface area (Å²) in [5.74, 6) is -0.0989. The molecule has 0 spiro atoms. The van der Waals surface area contributed by atoms with E-state index in [0.29, 0.717) is 28.6 Å². The normalized spacial score (nSPS) is 11.3. The van der Waals surface area contributed by atoms with E-state index in [0.717, 1.165) is 14.9 Å². The van der Waals surface area contributed by atoms with E-state index in [4.69, 9.17) is 4.42 Å². The van der Waals surface area contributed by atoms with Crippen molar-refractivity contribution in [2.75, 3.05) is 14.1 Å². The molecule has 1 heterocycles. The highest BCUT2D eigenvalue weighted by Gasteiger charge is 2.14. The van der Waals surface area contributed by atoms with Crippen molar-refractivity contribution in [1.29, 1.82) is 0 Å². The van der Waals surface area contributed by atoms with E-state index in [-0.39, 0.29) is 11.2 Å². The summed E-state index contributed by atoms with van der Waals surface area (Å²) >= 11 is 3.38. The highest BCUT2D eigenvalue weighted by Crippen LogP contribution is 2.26. The molecule has 1 N–H and O–H groups in total. The second-order valence-electron chi connectivity index (χ2n) is 5.79. The maximum Gasteiger partial charge on any atom is 0.200 e. The van der Waals surface area contributed by atoms with Gasteiger partial charge in [-0.2, -0.15) is 0 Å². The predicted octanol–water partition coefficient (Wildman–Crippen LogP) is 1.94. The number of rotatable bonds is 3. The van der Waals surface area contributed by atoms with Gasteiger partial charge in [0.2, 0.25) is 5.43 Å². The van der Waals surface area contributed by atoms with Gasteiger partial charge in [0.15, 0.2) is 0 Å². The number of nitrogens with one attached hydrogen (secondary N) is 1. The minimum absolute atomic E-state index is 0.0989. The molecule has 4 nitrogen and oxygen atoms in total. The largest absolute Gasteiger partial charge is 0.872 e. The maximum absolute atomic E-state index is 12.8. The predicted molar refractivity (Wildman–Crippen MR) is 91.6 cm³/mol. The van der Waals surface area contributed by atoms with Crippen molar-refractivity contribution >= 4 is 26.9 Å². The Balaban J connectivity index is 2.22. The van der Waals surface area contributed by atoms with Gasteiger partial charge in [-0.25, -0.2) is 0 Å². The summed E-state index contributed by atoms with van der Waals surface area (Å²) in [4.78, 5) is 13.9. The molecular weight excluding hydrogens is 358 g/mol. The first kappa shape index (κ1) is 15.8. The van der Waals surface area contributed by atoms with E-state index in [1.807, 2.05) is 38.4 Å². The van der Waals surface area contributed by atoms with Crippen LogP contribution in [0.4, 0.5) is 0 Å². The quantitative estimate of drug-likeness (QED) is 0.763. The van der Waals surface area contributed by atoms with Gasteiger partial charge in [-0.15, -0.1) is 0 Å². The SMILES string of the molecule is C[NH+](C)Cc1c([O-])ccc2c(=O)c(-c3ccc(Br)cc3)coc12. The number of benzene rings is 2. The molecule has 0 unspecified atom stereocenters. The van der Waals surface area contributed by atoms with Crippen molar-refractivity contribution < 1.29 is 14.4 Å². The van der Waals surface area contributed by atoms with Crippen LogP contribution in [0.2, 0.25) is 0 Å². The van der Waals surface area contributed by atoms with Crippen molar-refractivity contribution in [3.05, 3.63) is 62.9 Å².